The molecule has 1 heterocycles. The summed E-state index contributed by atoms with van der Waals surface area (Å²) in [4.78, 5) is 17.9. The summed E-state index contributed by atoms with van der Waals surface area (Å²) in [7, 11) is 0. The number of aliphatic imine (C=N–C) groups is 2. The molecule has 0 saturated heterocycles. The number of hydrogen-bond donors (Lipinski definition) is 1. The van der Waals surface area contributed by atoms with Crippen LogP contribution in [0.1, 0.15) is 68.4 Å². The number of rotatable bonds is 7. The zero-order chi connectivity index (χ0) is 21.7. The van der Waals surface area contributed by atoms with Gasteiger partial charge in [-0.1, -0.05) is 57.2 Å². The van der Waals surface area contributed by atoms with Crippen molar-refractivity contribution in [2.24, 2.45) is 9.98 Å². The van der Waals surface area contributed by atoms with Gasteiger partial charge >= 0.3 is 0 Å². The van der Waals surface area contributed by atoms with Gasteiger partial charge in [0.05, 0.1) is 34.7 Å². The van der Waals surface area contributed by atoms with Crippen LogP contribution in [0.5, 0.6) is 0 Å². The van der Waals surface area contributed by atoms with Gasteiger partial charge in [0, 0.05) is 0 Å². The highest BCUT2D eigenvalue weighted by atomic mass is 15.0. The Morgan fingerprint density at radius 1 is 0.800 bits per heavy atom. The van der Waals surface area contributed by atoms with Crippen molar-refractivity contribution in [2.75, 3.05) is 0 Å². The summed E-state index contributed by atoms with van der Waals surface area (Å²) in [5.74, 6) is 0.782. The van der Waals surface area contributed by atoms with Crippen LogP contribution in [0.25, 0.3) is 0 Å². The van der Waals surface area contributed by atoms with E-state index < -0.39 is 0 Å². The van der Waals surface area contributed by atoms with Crippen molar-refractivity contribution in [3.05, 3.63) is 76.4 Å². The van der Waals surface area contributed by atoms with Gasteiger partial charge in [0.15, 0.2) is 5.82 Å². The predicted octanol–water partition coefficient (Wildman–Crippen LogP) is 6.69. The number of nitrogens with one attached hydrogen (secondary N) is 1. The number of hydrogen-bond acceptors (Lipinski definition) is 3. The second-order valence-corrected chi connectivity index (χ2v) is 7.61. The van der Waals surface area contributed by atoms with E-state index in [1.54, 1.807) is 0 Å². The van der Waals surface area contributed by atoms with Gasteiger partial charge in [-0.2, -0.15) is 0 Å². The molecule has 0 aliphatic rings. The van der Waals surface area contributed by atoms with Gasteiger partial charge in [-0.3, -0.25) is 4.99 Å². The molecular formula is C26H32N4. The summed E-state index contributed by atoms with van der Waals surface area (Å²) >= 11 is 0. The summed E-state index contributed by atoms with van der Waals surface area (Å²) < 4.78 is 0. The maximum atomic E-state index is 4.97. The standard InChI is InChI=1S/C26H32N4/c1-7-20-13-10-12-17(4)24(20)29-19(6)26-27-16-23(30-26)18(5)28-25-21(8-2)14-11-15-22(25)9-3/h10-16H,7-9H2,1-6H3,(H,27,30). The number of benzene rings is 2. The van der Waals surface area contributed by atoms with Gasteiger partial charge in [0.2, 0.25) is 0 Å². The third-order valence-electron chi connectivity index (χ3n) is 5.53. The molecule has 156 valence electrons. The summed E-state index contributed by atoms with van der Waals surface area (Å²) in [5.41, 5.74) is 9.86. The zero-order valence-electron chi connectivity index (χ0n) is 19.0. The average Bonchev–Trinajstić information content (AvgIpc) is 3.25. The van der Waals surface area contributed by atoms with Crippen LogP contribution in [0.4, 0.5) is 11.4 Å². The molecule has 3 rings (SSSR count). The van der Waals surface area contributed by atoms with E-state index in [4.69, 9.17) is 9.98 Å². The quantitative estimate of drug-likeness (QED) is 0.441. The number of aryl methyl sites for hydroxylation is 4. The maximum absolute atomic E-state index is 4.97. The lowest BCUT2D eigenvalue weighted by atomic mass is 10.0. The van der Waals surface area contributed by atoms with E-state index in [1.807, 2.05) is 20.0 Å². The molecule has 3 aromatic rings. The van der Waals surface area contributed by atoms with Crippen LogP contribution in [0.2, 0.25) is 0 Å². The normalized spacial score (nSPS) is 12.5. The second-order valence-electron chi connectivity index (χ2n) is 7.61. The highest BCUT2D eigenvalue weighted by Gasteiger charge is 2.11. The molecule has 0 radical (unpaired) electrons. The van der Waals surface area contributed by atoms with Crippen LogP contribution in [0.15, 0.2) is 52.6 Å². The molecule has 4 heteroatoms. The first kappa shape index (κ1) is 21.7. The molecule has 30 heavy (non-hydrogen) atoms. The van der Waals surface area contributed by atoms with Crippen molar-refractivity contribution in [3.8, 4) is 0 Å². The third-order valence-corrected chi connectivity index (χ3v) is 5.53. The van der Waals surface area contributed by atoms with Crippen LogP contribution < -0.4 is 0 Å². The molecular weight excluding hydrogens is 368 g/mol. The first-order chi connectivity index (χ1) is 14.5. The number of H-pyrrole nitrogens is 1. The first-order valence-electron chi connectivity index (χ1n) is 10.8. The van der Waals surface area contributed by atoms with Crippen LogP contribution in [-0.2, 0) is 19.3 Å². The van der Waals surface area contributed by atoms with Crippen LogP contribution in [0, 0.1) is 6.92 Å². The minimum atomic E-state index is 0.782. The third kappa shape index (κ3) is 4.59. The Balaban J connectivity index is 1.95. The highest BCUT2D eigenvalue weighted by molar-refractivity contribution is 6.02. The lowest BCUT2D eigenvalue weighted by Gasteiger charge is -2.09. The van der Waals surface area contributed by atoms with E-state index in [9.17, 15) is 0 Å². The highest BCUT2D eigenvalue weighted by Crippen LogP contribution is 2.27. The van der Waals surface area contributed by atoms with Crippen molar-refractivity contribution in [2.45, 2.75) is 60.8 Å². The Labute approximate surface area is 180 Å². The molecule has 0 aliphatic carbocycles. The summed E-state index contributed by atoms with van der Waals surface area (Å²) in [6, 6.07) is 12.8. The largest absolute Gasteiger partial charge is 0.336 e. The Morgan fingerprint density at radius 3 is 1.93 bits per heavy atom. The molecule has 0 fully saturated rings. The Kier molecular flexibility index (Phi) is 6.99. The SMILES string of the molecule is CCc1cccc(C)c1N=C(C)c1ncc(C(C)=Nc2c(CC)cccc2CC)[nH]1. The Hall–Kier alpha value is -3.01. The van der Waals surface area contributed by atoms with E-state index >= 15 is 0 Å². The summed E-state index contributed by atoms with van der Waals surface area (Å²) in [6.07, 6.45) is 4.75. The molecule has 1 aromatic heterocycles. The van der Waals surface area contributed by atoms with Crippen molar-refractivity contribution < 1.29 is 0 Å². The fraction of sp³-hybridized carbons (Fsp3) is 0.346. The zero-order valence-corrected chi connectivity index (χ0v) is 19.0. The lowest BCUT2D eigenvalue weighted by molar-refractivity contribution is 1.08. The molecule has 1 N–H and O–H groups in total. The van der Waals surface area contributed by atoms with E-state index in [2.05, 4.69) is 74.1 Å². The van der Waals surface area contributed by atoms with Crippen LogP contribution in [-0.4, -0.2) is 21.4 Å². The molecule has 0 unspecified atom stereocenters. The van der Waals surface area contributed by atoms with Gasteiger partial charge in [-0.25, -0.2) is 9.98 Å². The molecule has 0 atom stereocenters. The monoisotopic (exact) mass is 400 g/mol. The van der Waals surface area contributed by atoms with Gasteiger partial charge in [-0.05, 0) is 62.3 Å². The fourth-order valence-electron chi connectivity index (χ4n) is 3.66. The summed E-state index contributed by atoms with van der Waals surface area (Å²) in [6.45, 7) is 12.6. The molecule has 0 saturated carbocycles. The van der Waals surface area contributed by atoms with E-state index in [0.717, 1.165) is 53.6 Å². The Morgan fingerprint density at radius 2 is 1.33 bits per heavy atom. The topological polar surface area (TPSA) is 53.4 Å². The molecule has 0 spiro atoms. The predicted molar refractivity (Wildman–Crippen MR) is 128 cm³/mol. The van der Waals surface area contributed by atoms with Crippen molar-refractivity contribution in [1.29, 1.82) is 0 Å². The number of aromatic nitrogens is 2. The van der Waals surface area contributed by atoms with Crippen LogP contribution in [0.3, 0.4) is 0 Å². The second kappa shape index (κ2) is 9.66. The van der Waals surface area contributed by atoms with Crippen LogP contribution >= 0.6 is 0 Å². The average molecular weight is 401 g/mol. The smallest absolute Gasteiger partial charge is 0.151 e. The molecule has 0 amide bonds. The summed E-state index contributed by atoms with van der Waals surface area (Å²) in [5, 5.41) is 0. The first-order valence-corrected chi connectivity index (χ1v) is 10.8. The maximum Gasteiger partial charge on any atom is 0.151 e. The minimum Gasteiger partial charge on any atom is -0.336 e. The Bertz CT molecular complexity index is 1060. The van der Waals surface area contributed by atoms with Gasteiger partial charge in [0.1, 0.15) is 0 Å². The van der Waals surface area contributed by atoms with Crippen molar-refractivity contribution >= 4 is 22.8 Å². The molecule has 4 nitrogen and oxygen atoms in total. The number of imidazole rings is 1. The number of nitrogens with zero attached hydrogens (tertiary/aromatic N) is 3. The van der Waals surface area contributed by atoms with E-state index in [0.29, 0.717) is 0 Å². The minimum absolute atomic E-state index is 0.782. The van der Waals surface area contributed by atoms with Gasteiger partial charge in [0.25, 0.3) is 0 Å². The number of para-hydroxylation sites is 2. The molecule has 0 bridgehead atoms. The van der Waals surface area contributed by atoms with Gasteiger partial charge in [-0.15, -0.1) is 0 Å². The lowest BCUT2D eigenvalue weighted by Crippen LogP contribution is -2.01. The number of aromatic amines is 1. The molecule has 0 aliphatic heterocycles. The fourth-order valence-corrected chi connectivity index (χ4v) is 3.66. The van der Waals surface area contributed by atoms with E-state index in [1.165, 1.54) is 22.3 Å². The van der Waals surface area contributed by atoms with E-state index in [-0.39, 0.29) is 0 Å². The van der Waals surface area contributed by atoms with Crippen molar-refractivity contribution in [3.63, 3.8) is 0 Å². The molecule has 2 aromatic carbocycles. The van der Waals surface area contributed by atoms with Crippen molar-refractivity contribution in [1.82, 2.24) is 9.97 Å². The van der Waals surface area contributed by atoms with Gasteiger partial charge < -0.3 is 4.98 Å².